The Bertz CT molecular complexity index is 894. The molecule has 1 heterocycles. The van der Waals surface area contributed by atoms with Crippen molar-refractivity contribution in [3.05, 3.63) is 57.3 Å². The average molecular weight is 330 g/mol. The number of nitriles is 3. The molecule has 0 N–H and O–H groups in total. The summed E-state index contributed by atoms with van der Waals surface area (Å²) in [6.45, 7) is 0. The van der Waals surface area contributed by atoms with E-state index in [0.717, 1.165) is 16.1 Å². The van der Waals surface area contributed by atoms with E-state index in [-0.39, 0.29) is 11.1 Å². The highest BCUT2D eigenvalue weighted by Gasteiger charge is 2.10. The van der Waals surface area contributed by atoms with Crippen molar-refractivity contribution >= 4 is 34.7 Å². The van der Waals surface area contributed by atoms with Gasteiger partial charge in [-0.15, -0.1) is 11.3 Å². The van der Waals surface area contributed by atoms with Crippen LogP contribution >= 0.6 is 11.3 Å². The largest absolute Gasteiger partial charge is 0.378 e. The Morgan fingerprint density at radius 3 is 2.12 bits per heavy atom. The SMILES string of the molecule is CN(C)c1ccc(/C=C/c2ccc(C(C#N)=C(C#N)C#N)s2)cc1. The van der Waals surface area contributed by atoms with Crippen LogP contribution in [0.5, 0.6) is 0 Å². The molecule has 24 heavy (non-hydrogen) atoms. The molecular formula is C19H14N4S. The molecular weight excluding hydrogens is 316 g/mol. The number of nitrogens with zero attached hydrogens (tertiary/aromatic N) is 4. The normalized spacial score (nSPS) is 9.79. The van der Waals surface area contributed by atoms with Gasteiger partial charge in [-0.3, -0.25) is 0 Å². The number of allylic oxidation sites excluding steroid dienone is 2. The summed E-state index contributed by atoms with van der Waals surface area (Å²) in [7, 11) is 3.99. The van der Waals surface area contributed by atoms with Crippen LogP contribution in [0.25, 0.3) is 17.7 Å². The third-order valence-corrected chi connectivity index (χ3v) is 4.38. The van der Waals surface area contributed by atoms with Crippen LogP contribution in [-0.2, 0) is 0 Å². The van der Waals surface area contributed by atoms with Gasteiger partial charge in [-0.05, 0) is 35.9 Å². The molecule has 0 spiro atoms. The van der Waals surface area contributed by atoms with E-state index in [1.54, 1.807) is 18.2 Å². The lowest BCUT2D eigenvalue weighted by Crippen LogP contribution is -2.07. The first-order chi connectivity index (χ1) is 11.6. The molecule has 5 heteroatoms. The number of hydrogen-bond acceptors (Lipinski definition) is 5. The fourth-order valence-corrected chi connectivity index (χ4v) is 2.92. The van der Waals surface area contributed by atoms with Gasteiger partial charge in [0, 0.05) is 29.5 Å². The van der Waals surface area contributed by atoms with Gasteiger partial charge < -0.3 is 4.90 Å². The molecule has 0 amide bonds. The maximum atomic E-state index is 9.17. The Kier molecular flexibility index (Phi) is 5.53. The second-order valence-corrected chi connectivity index (χ2v) is 6.22. The fourth-order valence-electron chi connectivity index (χ4n) is 2.01. The van der Waals surface area contributed by atoms with Crippen molar-refractivity contribution in [1.82, 2.24) is 0 Å². The number of rotatable bonds is 4. The zero-order valence-electron chi connectivity index (χ0n) is 13.3. The van der Waals surface area contributed by atoms with E-state index in [9.17, 15) is 5.26 Å². The van der Waals surface area contributed by atoms with Crippen LogP contribution in [0.4, 0.5) is 5.69 Å². The summed E-state index contributed by atoms with van der Waals surface area (Å²) in [6, 6.07) is 17.2. The van der Waals surface area contributed by atoms with Crippen molar-refractivity contribution in [1.29, 1.82) is 15.8 Å². The van der Waals surface area contributed by atoms with E-state index in [4.69, 9.17) is 10.5 Å². The average Bonchev–Trinajstić information content (AvgIpc) is 3.06. The van der Waals surface area contributed by atoms with E-state index >= 15 is 0 Å². The predicted molar refractivity (Wildman–Crippen MR) is 97.8 cm³/mol. The minimum atomic E-state index is -0.158. The molecule has 116 valence electrons. The van der Waals surface area contributed by atoms with Gasteiger partial charge >= 0.3 is 0 Å². The number of benzene rings is 1. The zero-order valence-corrected chi connectivity index (χ0v) is 14.1. The summed E-state index contributed by atoms with van der Waals surface area (Å²) in [5, 5.41) is 27.0. The summed E-state index contributed by atoms with van der Waals surface area (Å²) in [6.07, 6.45) is 3.94. The molecule has 0 saturated carbocycles. The molecule has 0 atom stereocenters. The van der Waals surface area contributed by atoms with Crippen molar-refractivity contribution in [2.45, 2.75) is 0 Å². The van der Waals surface area contributed by atoms with Crippen LogP contribution in [0.3, 0.4) is 0 Å². The lowest BCUT2D eigenvalue weighted by atomic mass is 10.1. The Hall–Kier alpha value is -3.33. The van der Waals surface area contributed by atoms with Crippen molar-refractivity contribution in [2.24, 2.45) is 0 Å². The Labute approximate surface area is 145 Å². The zero-order chi connectivity index (χ0) is 17.5. The van der Waals surface area contributed by atoms with E-state index in [0.29, 0.717) is 4.88 Å². The number of hydrogen-bond donors (Lipinski definition) is 0. The summed E-state index contributed by atoms with van der Waals surface area (Å²) in [5.41, 5.74) is 2.17. The van der Waals surface area contributed by atoms with E-state index < -0.39 is 0 Å². The van der Waals surface area contributed by atoms with Gasteiger partial charge in [0.15, 0.2) is 0 Å². The highest BCUT2D eigenvalue weighted by Crippen LogP contribution is 2.27. The molecule has 0 aliphatic heterocycles. The Balaban J connectivity index is 2.23. The summed E-state index contributed by atoms with van der Waals surface area (Å²) >= 11 is 1.37. The van der Waals surface area contributed by atoms with Crippen LogP contribution in [0.15, 0.2) is 42.0 Å². The van der Waals surface area contributed by atoms with E-state index in [1.807, 2.05) is 67.5 Å². The quantitative estimate of drug-likeness (QED) is 0.783. The second kappa shape index (κ2) is 7.79. The number of anilines is 1. The smallest absolute Gasteiger partial charge is 0.148 e. The topological polar surface area (TPSA) is 74.6 Å². The predicted octanol–water partition coefficient (Wildman–Crippen LogP) is 4.31. The third kappa shape index (κ3) is 3.90. The Morgan fingerprint density at radius 2 is 1.58 bits per heavy atom. The van der Waals surface area contributed by atoms with Crippen LogP contribution in [0, 0.1) is 34.0 Å². The van der Waals surface area contributed by atoms with Gasteiger partial charge in [0.2, 0.25) is 0 Å². The molecule has 1 aromatic carbocycles. The molecule has 2 rings (SSSR count). The maximum Gasteiger partial charge on any atom is 0.148 e. The molecule has 1 aromatic heterocycles. The molecule has 0 aliphatic rings. The molecule has 0 unspecified atom stereocenters. The number of thiophene rings is 1. The van der Waals surface area contributed by atoms with Crippen LogP contribution < -0.4 is 4.90 Å². The molecule has 4 nitrogen and oxygen atoms in total. The van der Waals surface area contributed by atoms with Gasteiger partial charge in [0.05, 0.1) is 5.57 Å². The van der Waals surface area contributed by atoms with Crippen molar-refractivity contribution in [3.63, 3.8) is 0 Å². The molecule has 2 aromatic rings. The first-order valence-electron chi connectivity index (χ1n) is 7.09. The summed E-state index contributed by atoms with van der Waals surface area (Å²) < 4.78 is 0. The van der Waals surface area contributed by atoms with E-state index in [1.165, 1.54) is 11.3 Å². The summed E-state index contributed by atoms with van der Waals surface area (Å²) in [5.74, 6) is 0. The molecule has 0 aliphatic carbocycles. The van der Waals surface area contributed by atoms with Crippen LogP contribution in [0.1, 0.15) is 15.3 Å². The first kappa shape index (κ1) is 17.0. The minimum absolute atomic E-state index is 0.125. The van der Waals surface area contributed by atoms with Crippen molar-refractivity contribution < 1.29 is 0 Å². The molecule has 0 saturated heterocycles. The first-order valence-corrected chi connectivity index (χ1v) is 7.91. The van der Waals surface area contributed by atoms with Gasteiger partial charge in [0.1, 0.15) is 23.8 Å². The van der Waals surface area contributed by atoms with Gasteiger partial charge in [0.25, 0.3) is 0 Å². The van der Waals surface area contributed by atoms with Crippen LogP contribution in [-0.4, -0.2) is 14.1 Å². The molecule has 0 fully saturated rings. The molecule has 0 radical (unpaired) electrons. The van der Waals surface area contributed by atoms with Crippen molar-refractivity contribution in [2.75, 3.05) is 19.0 Å². The molecule has 0 bridgehead atoms. The monoisotopic (exact) mass is 330 g/mol. The Morgan fingerprint density at radius 1 is 0.917 bits per heavy atom. The minimum Gasteiger partial charge on any atom is -0.378 e. The van der Waals surface area contributed by atoms with Crippen LogP contribution in [0.2, 0.25) is 0 Å². The van der Waals surface area contributed by atoms with Gasteiger partial charge in [-0.1, -0.05) is 18.2 Å². The lowest BCUT2D eigenvalue weighted by Gasteiger charge is -2.11. The summed E-state index contributed by atoms with van der Waals surface area (Å²) in [4.78, 5) is 3.61. The lowest BCUT2D eigenvalue weighted by molar-refractivity contribution is 1.13. The van der Waals surface area contributed by atoms with E-state index in [2.05, 4.69) is 0 Å². The van der Waals surface area contributed by atoms with Gasteiger partial charge in [-0.25, -0.2) is 0 Å². The highest BCUT2D eigenvalue weighted by atomic mass is 32.1. The van der Waals surface area contributed by atoms with Crippen molar-refractivity contribution in [3.8, 4) is 18.2 Å². The van der Waals surface area contributed by atoms with Gasteiger partial charge in [-0.2, -0.15) is 15.8 Å². The second-order valence-electron chi connectivity index (χ2n) is 5.11. The fraction of sp³-hybridized carbons (Fsp3) is 0.105. The standard InChI is InChI=1S/C19H14N4S/c1-23(2)16-6-3-14(4-7-16)5-8-17-9-10-19(24-17)18(13-22)15(11-20)12-21/h3-10H,1-2H3/b8-5+. The highest BCUT2D eigenvalue weighted by molar-refractivity contribution is 7.14. The third-order valence-electron chi connectivity index (χ3n) is 3.31. The maximum absolute atomic E-state index is 9.17.